The topological polar surface area (TPSA) is 12.5 Å². The van der Waals surface area contributed by atoms with Crippen molar-refractivity contribution < 1.29 is 17.9 Å². The highest BCUT2D eigenvalue weighted by Gasteiger charge is 2.30. The number of nitrogens with zero attached hydrogens (tertiary/aromatic N) is 1. The molecule has 0 amide bonds. The largest absolute Gasteiger partial charge is 0.401 e. The van der Waals surface area contributed by atoms with Crippen molar-refractivity contribution >= 4 is 12.6 Å². The Kier molecular flexibility index (Phi) is 8.27. The highest BCUT2D eigenvalue weighted by molar-refractivity contribution is 7.80. The quantitative estimate of drug-likeness (QED) is 0.520. The molecule has 2 nitrogen and oxygen atoms in total. The average molecular weight is 245 g/mol. The Hall–Kier alpha value is 0.0600. The summed E-state index contributed by atoms with van der Waals surface area (Å²) in [4.78, 5) is 1.36. The van der Waals surface area contributed by atoms with Gasteiger partial charge in [0, 0.05) is 12.3 Å². The van der Waals surface area contributed by atoms with Crippen LogP contribution in [-0.2, 0) is 4.74 Å². The lowest BCUT2D eigenvalue weighted by atomic mass is 10.4. The van der Waals surface area contributed by atoms with Gasteiger partial charge in [0.1, 0.15) is 0 Å². The molecule has 0 heterocycles. The number of halogens is 3. The second-order valence-corrected chi connectivity index (χ2v) is 3.67. The summed E-state index contributed by atoms with van der Waals surface area (Å²) < 4.78 is 41.4. The molecule has 0 bridgehead atoms. The Balaban J connectivity index is 3.73. The summed E-state index contributed by atoms with van der Waals surface area (Å²) >= 11 is 3.94. The molecule has 0 saturated heterocycles. The second kappa shape index (κ2) is 8.24. The van der Waals surface area contributed by atoms with Crippen LogP contribution in [0.2, 0.25) is 0 Å². The zero-order valence-corrected chi connectivity index (χ0v) is 9.78. The van der Waals surface area contributed by atoms with E-state index in [0.717, 1.165) is 0 Å². The lowest BCUT2D eigenvalue weighted by Crippen LogP contribution is -2.37. The molecule has 0 aliphatic carbocycles. The van der Waals surface area contributed by atoms with Gasteiger partial charge in [0.05, 0.1) is 19.8 Å². The number of rotatable bonds is 8. The first kappa shape index (κ1) is 15.1. The van der Waals surface area contributed by atoms with Crippen molar-refractivity contribution in [1.82, 2.24) is 4.90 Å². The number of hydrogen-bond donors (Lipinski definition) is 1. The molecule has 0 radical (unpaired) electrons. The van der Waals surface area contributed by atoms with E-state index in [4.69, 9.17) is 4.74 Å². The number of alkyl halides is 3. The maximum atomic E-state index is 12.1. The third-order valence-corrected chi connectivity index (χ3v) is 1.91. The highest BCUT2D eigenvalue weighted by atomic mass is 32.1. The van der Waals surface area contributed by atoms with Gasteiger partial charge in [0.2, 0.25) is 0 Å². The predicted molar refractivity (Wildman–Crippen MR) is 57.5 cm³/mol. The van der Waals surface area contributed by atoms with Crippen LogP contribution in [0.5, 0.6) is 0 Å². The summed E-state index contributed by atoms with van der Waals surface area (Å²) in [6.07, 6.45) is -3.42. The third-order valence-electron chi connectivity index (χ3n) is 1.73. The number of thiol groups is 1. The SMILES string of the molecule is CCCN(CCOCCS)CC(F)(F)F. The van der Waals surface area contributed by atoms with Gasteiger partial charge < -0.3 is 4.74 Å². The van der Waals surface area contributed by atoms with Crippen molar-refractivity contribution in [3.63, 3.8) is 0 Å². The Morgan fingerprint density at radius 1 is 1.20 bits per heavy atom. The van der Waals surface area contributed by atoms with Crippen LogP contribution in [0.1, 0.15) is 13.3 Å². The van der Waals surface area contributed by atoms with Crippen LogP contribution in [-0.4, -0.2) is 49.7 Å². The van der Waals surface area contributed by atoms with Gasteiger partial charge in [0.25, 0.3) is 0 Å². The van der Waals surface area contributed by atoms with Gasteiger partial charge in [-0.05, 0) is 13.0 Å². The molecule has 0 aromatic heterocycles. The van der Waals surface area contributed by atoms with Crippen molar-refractivity contribution in [2.45, 2.75) is 19.5 Å². The molecule has 0 N–H and O–H groups in total. The smallest absolute Gasteiger partial charge is 0.379 e. The summed E-state index contributed by atoms with van der Waals surface area (Å²) in [5.41, 5.74) is 0. The molecule has 92 valence electrons. The van der Waals surface area contributed by atoms with Crippen molar-refractivity contribution in [2.24, 2.45) is 0 Å². The first-order valence-electron chi connectivity index (χ1n) is 4.97. The normalized spacial score (nSPS) is 12.4. The lowest BCUT2D eigenvalue weighted by molar-refractivity contribution is -0.147. The van der Waals surface area contributed by atoms with Gasteiger partial charge in [-0.2, -0.15) is 25.8 Å². The maximum Gasteiger partial charge on any atom is 0.401 e. The Bertz CT molecular complexity index is 155. The van der Waals surface area contributed by atoms with Gasteiger partial charge in [-0.1, -0.05) is 6.92 Å². The summed E-state index contributed by atoms with van der Waals surface area (Å²) in [7, 11) is 0. The second-order valence-electron chi connectivity index (χ2n) is 3.23. The van der Waals surface area contributed by atoms with Crippen LogP contribution < -0.4 is 0 Å². The minimum atomic E-state index is -4.13. The van der Waals surface area contributed by atoms with Crippen molar-refractivity contribution in [1.29, 1.82) is 0 Å². The van der Waals surface area contributed by atoms with E-state index in [0.29, 0.717) is 38.5 Å². The van der Waals surface area contributed by atoms with Gasteiger partial charge in [0.15, 0.2) is 0 Å². The van der Waals surface area contributed by atoms with Gasteiger partial charge in [-0.3, -0.25) is 4.90 Å². The zero-order valence-electron chi connectivity index (χ0n) is 8.89. The van der Waals surface area contributed by atoms with E-state index < -0.39 is 12.7 Å². The molecule has 0 aromatic carbocycles. The monoisotopic (exact) mass is 245 g/mol. The van der Waals surface area contributed by atoms with Crippen LogP contribution in [0, 0.1) is 0 Å². The van der Waals surface area contributed by atoms with Crippen molar-refractivity contribution in [3.05, 3.63) is 0 Å². The fourth-order valence-electron chi connectivity index (χ4n) is 1.20. The minimum Gasteiger partial charge on any atom is -0.379 e. The highest BCUT2D eigenvalue weighted by Crippen LogP contribution is 2.16. The average Bonchev–Trinajstić information content (AvgIpc) is 2.10. The summed E-state index contributed by atoms with van der Waals surface area (Å²) in [5, 5.41) is 0. The molecule has 0 fully saturated rings. The number of hydrogen-bond acceptors (Lipinski definition) is 3. The summed E-state index contributed by atoms with van der Waals surface area (Å²) in [5.74, 6) is 0.590. The Morgan fingerprint density at radius 2 is 1.87 bits per heavy atom. The fourth-order valence-corrected chi connectivity index (χ4v) is 1.33. The van der Waals surface area contributed by atoms with E-state index in [1.807, 2.05) is 6.92 Å². The van der Waals surface area contributed by atoms with Crippen LogP contribution >= 0.6 is 12.6 Å². The van der Waals surface area contributed by atoms with Gasteiger partial charge >= 0.3 is 6.18 Å². The van der Waals surface area contributed by atoms with Crippen LogP contribution in [0.4, 0.5) is 13.2 Å². The summed E-state index contributed by atoms with van der Waals surface area (Å²) in [6, 6.07) is 0. The predicted octanol–water partition coefficient (Wildman–Crippen LogP) is 2.21. The van der Waals surface area contributed by atoms with E-state index in [-0.39, 0.29) is 0 Å². The maximum absolute atomic E-state index is 12.1. The molecule has 0 rings (SSSR count). The van der Waals surface area contributed by atoms with Crippen LogP contribution in [0.25, 0.3) is 0 Å². The third kappa shape index (κ3) is 10.3. The van der Waals surface area contributed by atoms with Crippen LogP contribution in [0.15, 0.2) is 0 Å². The molecule has 0 unspecified atom stereocenters. The standard InChI is InChI=1S/C9H18F3NOS/c1-2-3-13(8-9(10,11)12)4-5-14-6-7-15/h15H,2-8H2,1H3. The molecule has 0 aromatic rings. The molecular formula is C9H18F3NOS. The van der Waals surface area contributed by atoms with Crippen molar-refractivity contribution in [3.8, 4) is 0 Å². The first-order chi connectivity index (χ1) is 6.99. The molecule has 0 atom stereocenters. The van der Waals surface area contributed by atoms with Gasteiger partial charge in [-0.15, -0.1) is 0 Å². The zero-order chi connectivity index (χ0) is 11.7. The number of ether oxygens (including phenoxy) is 1. The van der Waals surface area contributed by atoms with Crippen molar-refractivity contribution in [2.75, 3.05) is 38.6 Å². The van der Waals surface area contributed by atoms with E-state index in [2.05, 4.69) is 12.6 Å². The van der Waals surface area contributed by atoms with E-state index in [1.54, 1.807) is 0 Å². The van der Waals surface area contributed by atoms with E-state index in [1.165, 1.54) is 4.90 Å². The fraction of sp³-hybridized carbons (Fsp3) is 1.00. The lowest BCUT2D eigenvalue weighted by Gasteiger charge is -2.22. The molecule has 15 heavy (non-hydrogen) atoms. The molecule has 6 heteroatoms. The van der Waals surface area contributed by atoms with E-state index >= 15 is 0 Å². The molecule has 0 saturated carbocycles. The first-order valence-corrected chi connectivity index (χ1v) is 5.60. The molecule has 0 spiro atoms. The molecule has 0 aliphatic rings. The Morgan fingerprint density at radius 3 is 2.33 bits per heavy atom. The van der Waals surface area contributed by atoms with E-state index in [9.17, 15) is 13.2 Å². The molecular weight excluding hydrogens is 227 g/mol. The molecule has 0 aliphatic heterocycles. The minimum absolute atomic E-state index is 0.321. The van der Waals surface area contributed by atoms with Gasteiger partial charge in [-0.25, -0.2) is 0 Å². The van der Waals surface area contributed by atoms with Crippen LogP contribution in [0.3, 0.4) is 0 Å². The summed E-state index contributed by atoms with van der Waals surface area (Å²) in [6.45, 7) is 2.58. The Labute approximate surface area is 94.2 Å².